The van der Waals surface area contributed by atoms with Gasteiger partial charge in [-0.1, -0.05) is 32.9 Å². The monoisotopic (exact) mass is 494 g/mol. The number of ether oxygens (including phenoxy) is 1. The number of carbonyl (C=O) groups excluding carboxylic acids is 1. The zero-order chi connectivity index (χ0) is 25.3. The van der Waals surface area contributed by atoms with Crippen LogP contribution in [0.5, 0.6) is 11.5 Å². The largest absolute Gasteiger partial charge is 0.454 e. The van der Waals surface area contributed by atoms with Gasteiger partial charge in [0, 0.05) is 19.6 Å². The van der Waals surface area contributed by atoms with Gasteiger partial charge in [0.05, 0.1) is 16.7 Å². The van der Waals surface area contributed by atoms with Crippen molar-refractivity contribution in [3.8, 4) is 11.5 Å². The number of alkyl halides is 3. The quantitative estimate of drug-likeness (QED) is 0.464. The van der Waals surface area contributed by atoms with E-state index >= 15 is 0 Å². The molecule has 2 aromatic carbocycles. The Morgan fingerprint density at radius 3 is 2.35 bits per heavy atom. The molecule has 1 amide bonds. The predicted molar refractivity (Wildman–Crippen MR) is 124 cm³/mol. The number of anilines is 1. The minimum atomic E-state index is -4.69. The third kappa shape index (κ3) is 5.93. The van der Waals surface area contributed by atoms with Crippen molar-refractivity contribution in [2.45, 2.75) is 37.3 Å². The lowest BCUT2D eigenvalue weighted by molar-refractivity contribution is -0.138. The number of aromatic nitrogens is 1. The van der Waals surface area contributed by atoms with Crippen molar-refractivity contribution >= 4 is 21.4 Å². The van der Waals surface area contributed by atoms with Gasteiger partial charge in [0.2, 0.25) is 0 Å². The van der Waals surface area contributed by atoms with E-state index in [1.54, 1.807) is 6.07 Å². The fraction of sp³-hybridized carbons (Fsp3) is 0.250. The SMILES string of the molecule is CC(C)(C)c1ccc(C(=O)Nc2cccc(S(C)(=O)=O)c2)c(Oc2cnccc2C(F)(F)F)c1.[HH]. The molecule has 0 spiro atoms. The topological polar surface area (TPSA) is 85.4 Å². The van der Waals surface area contributed by atoms with Gasteiger partial charge in [-0.3, -0.25) is 9.78 Å². The number of rotatable bonds is 5. The van der Waals surface area contributed by atoms with Crippen LogP contribution in [-0.4, -0.2) is 25.6 Å². The summed E-state index contributed by atoms with van der Waals surface area (Å²) in [7, 11) is -3.50. The van der Waals surface area contributed by atoms with Crippen molar-refractivity contribution in [3.05, 3.63) is 77.6 Å². The number of carbonyl (C=O) groups is 1. The van der Waals surface area contributed by atoms with Gasteiger partial charge >= 0.3 is 6.18 Å². The van der Waals surface area contributed by atoms with Crippen LogP contribution in [0.4, 0.5) is 18.9 Å². The van der Waals surface area contributed by atoms with Crippen molar-refractivity contribution in [2.75, 3.05) is 11.6 Å². The first-order valence-electron chi connectivity index (χ1n) is 10.1. The van der Waals surface area contributed by atoms with Crippen LogP contribution >= 0.6 is 0 Å². The molecule has 6 nitrogen and oxygen atoms in total. The van der Waals surface area contributed by atoms with Crippen LogP contribution < -0.4 is 10.1 Å². The fourth-order valence-corrected chi connectivity index (χ4v) is 3.74. The highest BCUT2D eigenvalue weighted by Gasteiger charge is 2.35. The van der Waals surface area contributed by atoms with Gasteiger partial charge in [-0.05, 0) is 47.4 Å². The van der Waals surface area contributed by atoms with Crippen molar-refractivity contribution < 1.29 is 32.5 Å². The third-order valence-corrected chi connectivity index (χ3v) is 6.03. The number of nitrogens with one attached hydrogen (secondary N) is 1. The Balaban J connectivity index is 0.00000432. The van der Waals surface area contributed by atoms with Gasteiger partial charge in [0.15, 0.2) is 15.6 Å². The van der Waals surface area contributed by atoms with E-state index in [4.69, 9.17) is 4.74 Å². The maximum absolute atomic E-state index is 13.5. The highest BCUT2D eigenvalue weighted by molar-refractivity contribution is 7.90. The number of sulfone groups is 1. The molecule has 34 heavy (non-hydrogen) atoms. The van der Waals surface area contributed by atoms with Crippen LogP contribution in [0.2, 0.25) is 0 Å². The van der Waals surface area contributed by atoms with E-state index in [1.165, 1.54) is 36.4 Å². The molecular weight excluding hydrogens is 469 g/mol. The molecule has 1 heterocycles. The van der Waals surface area contributed by atoms with E-state index in [-0.39, 0.29) is 28.7 Å². The van der Waals surface area contributed by atoms with Crippen molar-refractivity contribution in [1.29, 1.82) is 0 Å². The van der Waals surface area contributed by atoms with Gasteiger partial charge in [0.25, 0.3) is 5.91 Å². The maximum atomic E-state index is 13.5. The summed E-state index contributed by atoms with van der Waals surface area (Å²) in [6.45, 7) is 5.73. The number of pyridine rings is 1. The molecule has 0 aliphatic rings. The van der Waals surface area contributed by atoms with Gasteiger partial charge in [-0.15, -0.1) is 0 Å². The predicted octanol–water partition coefficient (Wildman–Crippen LogP) is 6.09. The third-order valence-electron chi connectivity index (χ3n) is 4.92. The molecule has 0 unspecified atom stereocenters. The summed E-state index contributed by atoms with van der Waals surface area (Å²) in [6, 6.07) is 11.1. The first-order chi connectivity index (χ1) is 15.7. The summed E-state index contributed by atoms with van der Waals surface area (Å²) in [5, 5.41) is 2.58. The van der Waals surface area contributed by atoms with Crippen molar-refractivity contribution in [2.24, 2.45) is 0 Å². The maximum Gasteiger partial charge on any atom is 0.420 e. The van der Waals surface area contributed by atoms with E-state index in [0.717, 1.165) is 30.3 Å². The van der Waals surface area contributed by atoms with Gasteiger partial charge in [-0.25, -0.2) is 8.42 Å². The van der Waals surface area contributed by atoms with Crippen LogP contribution in [-0.2, 0) is 21.4 Å². The standard InChI is InChI=1S/C24H23F3N2O4S.H2/c1-23(2,3)15-8-9-18(22(30)29-16-6-5-7-17(13-16)34(4,31)32)20(12-15)33-21-14-28-11-10-19(21)24(25,26)27;/h5-14H,1-4H3,(H,29,30);1H. The number of hydrogen-bond donors (Lipinski definition) is 1. The average Bonchev–Trinajstić information content (AvgIpc) is 2.72. The molecule has 0 saturated carbocycles. The van der Waals surface area contributed by atoms with E-state index < -0.39 is 33.2 Å². The zero-order valence-electron chi connectivity index (χ0n) is 18.9. The summed E-state index contributed by atoms with van der Waals surface area (Å²) in [5.41, 5.74) is -0.504. The van der Waals surface area contributed by atoms with Gasteiger partial charge in [0.1, 0.15) is 11.3 Å². The number of nitrogens with zero attached hydrogens (tertiary/aromatic N) is 1. The zero-order valence-corrected chi connectivity index (χ0v) is 19.7. The Labute approximate surface area is 197 Å². The molecule has 182 valence electrons. The van der Waals surface area contributed by atoms with Crippen LogP contribution in [0.15, 0.2) is 65.8 Å². The molecule has 1 N–H and O–H groups in total. The molecular formula is C24H25F3N2O4S. The highest BCUT2D eigenvalue weighted by Crippen LogP contribution is 2.39. The molecule has 0 saturated heterocycles. The van der Waals surface area contributed by atoms with E-state index in [9.17, 15) is 26.4 Å². The summed E-state index contributed by atoms with van der Waals surface area (Å²) in [4.78, 5) is 16.8. The van der Waals surface area contributed by atoms with E-state index in [2.05, 4.69) is 10.3 Å². The first-order valence-corrected chi connectivity index (χ1v) is 12.0. The Hall–Kier alpha value is -3.40. The smallest absolute Gasteiger partial charge is 0.420 e. The normalized spacial score (nSPS) is 12.3. The van der Waals surface area contributed by atoms with Crippen molar-refractivity contribution in [3.63, 3.8) is 0 Å². The number of benzene rings is 2. The second kappa shape index (κ2) is 9.09. The first kappa shape index (κ1) is 25.2. The molecule has 0 radical (unpaired) electrons. The second-order valence-corrected chi connectivity index (χ2v) is 10.7. The summed E-state index contributed by atoms with van der Waals surface area (Å²) >= 11 is 0. The average molecular weight is 495 g/mol. The molecule has 0 bridgehead atoms. The number of amides is 1. The summed E-state index contributed by atoms with van der Waals surface area (Å²) in [6.07, 6.45) is -1.71. The van der Waals surface area contributed by atoms with Crippen LogP contribution in [0.25, 0.3) is 0 Å². The fourth-order valence-electron chi connectivity index (χ4n) is 3.08. The molecule has 0 aliphatic carbocycles. The van der Waals surface area contributed by atoms with E-state index in [1.807, 2.05) is 20.8 Å². The molecule has 10 heteroatoms. The van der Waals surface area contributed by atoms with Crippen molar-refractivity contribution in [1.82, 2.24) is 4.98 Å². The molecule has 0 aliphatic heterocycles. The number of halogens is 3. The number of hydrogen-bond acceptors (Lipinski definition) is 5. The van der Waals surface area contributed by atoms with Crippen LogP contribution in [0, 0.1) is 0 Å². The second-order valence-electron chi connectivity index (χ2n) is 8.69. The lowest BCUT2D eigenvalue weighted by Gasteiger charge is -2.22. The molecule has 3 rings (SSSR count). The summed E-state index contributed by atoms with van der Waals surface area (Å²) < 4.78 is 69.6. The Morgan fingerprint density at radius 2 is 1.74 bits per heavy atom. The van der Waals surface area contributed by atoms with E-state index in [0.29, 0.717) is 0 Å². The van der Waals surface area contributed by atoms with Crippen LogP contribution in [0.3, 0.4) is 0 Å². The molecule has 1 aromatic heterocycles. The Kier molecular flexibility index (Phi) is 6.75. The Bertz CT molecular complexity index is 1340. The summed E-state index contributed by atoms with van der Waals surface area (Å²) in [5.74, 6) is -1.32. The molecule has 0 fully saturated rings. The minimum Gasteiger partial charge on any atom is -0.454 e. The lowest BCUT2D eigenvalue weighted by atomic mass is 9.86. The minimum absolute atomic E-state index is 0. The molecule has 0 atom stereocenters. The lowest BCUT2D eigenvalue weighted by Crippen LogP contribution is -2.16. The van der Waals surface area contributed by atoms with Gasteiger partial charge in [-0.2, -0.15) is 13.2 Å². The van der Waals surface area contributed by atoms with Gasteiger partial charge < -0.3 is 10.1 Å². The highest BCUT2D eigenvalue weighted by atomic mass is 32.2. The van der Waals surface area contributed by atoms with Crippen LogP contribution in [0.1, 0.15) is 43.7 Å². The molecule has 3 aromatic rings. The Morgan fingerprint density at radius 1 is 1.03 bits per heavy atom.